The van der Waals surface area contributed by atoms with Gasteiger partial charge in [-0.2, -0.15) is 5.57 Å². The molecule has 0 aliphatic heterocycles. The quantitative estimate of drug-likeness (QED) is 0.490. The van der Waals surface area contributed by atoms with Gasteiger partial charge in [-0.15, -0.1) is 12.0 Å². The van der Waals surface area contributed by atoms with Crippen molar-refractivity contribution in [2.45, 2.75) is 51.4 Å². The number of hydrogen-bond donors (Lipinski definition) is 1. The minimum absolute atomic E-state index is 0. The minimum Gasteiger partial charge on any atom is -1.00 e. The Morgan fingerprint density at radius 2 is 1.56 bits per heavy atom. The molecule has 0 fully saturated rings. The van der Waals surface area contributed by atoms with Crippen LogP contribution in [0.5, 0.6) is 0 Å². The van der Waals surface area contributed by atoms with Crippen molar-refractivity contribution in [3.8, 4) is 0 Å². The van der Waals surface area contributed by atoms with Gasteiger partial charge >= 0.3 is 27.7 Å². The van der Waals surface area contributed by atoms with Gasteiger partial charge in [0, 0.05) is 0 Å². The Labute approximate surface area is 177 Å². The third-order valence-corrected chi connectivity index (χ3v) is 4.78. The van der Waals surface area contributed by atoms with E-state index in [9.17, 15) is 4.79 Å². The number of aromatic carboxylic acids is 1. The maximum absolute atomic E-state index is 10.2. The van der Waals surface area contributed by atoms with Crippen LogP contribution in [0, 0.1) is 6.42 Å². The zero-order valence-corrected chi connectivity index (χ0v) is 17.3. The number of allylic oxidation sites excluding steroid dienone is 4. The molecule has 3 aliphatic carbocycles. The topological polar surface area (TPSA) is 37.3 Å². The van der Waals surface area contributed by atoms with Gasteiger partial charge in [-0.05, 0) is 37.8 Å². The smallest absolute Gasteiger partial charge is 1.00 e. The Morgan fingerprint density at radius 1 is 0.920 bits per heavy atom. The summed E-state index contributed by atoms with van der Waals surface area (Å²) >= 11 is 0. The van der Waals surface area contributed by atoms with Crippen molar-refractivity contribution < 1.29 is 56.4 Å². The number of fused-ring (bicyclic) bond motifs is 1. The van der Waals surface area contributed by atoms with Crippen LogP contribution in [0.25, 0.3) is 0 Å². The van der Waals surface area contributed by atoms with Crippen LogP contribution in [0.2, 0.25) is 0 Å². The predicted octanol–water partition coefficient (Wildman–Crippen LogP) is -0.664. The molecule has 3 aliphatic rings. The number of carbonyl (C=O) groups is 1. The van der Waals surface area contributed by atoms with Crippen LogP contribution in [-0.4, -0.2) is 11.1 Å². The average Bonchev–Trinajstić information content (AvgIpc) is 2.95. The maximum atomic E-state index is 10.2. The van der Waals surface area contributed by atoms with E-state index < -0.39 is 5.97 Å². The van der Waals surface area contributed by atoms with Gasteiger partial charge in [0.25, 0.3) is 0 Å². The van der Waals surface area contributed by atoms with Crippen LogP contribution in [-0.2, 0) is 21.7 Å². The number of halogens is 2. The van der Waals surface area contributed by atoms with Crippen molar-refractivity contribution in [3.63, 3.8) is 0 Å². The molecule has 0 aromatic heterocycles. The van der Waals surface area contributed by atoms with Gasteiger partial charge < -0.3 is 29.9 Å². The molecule has 4 rings (SSSR count). The van der Waals surface area contributed by atoms with E-state index in [1.807, 2.05) is 0 Å². The molecule has 0 unspecified atom stereocenters. The molecule has 25 heavy (non-hydrogen) atoms. The molecule has 0 spiro atoms. The number of carboxylic acids is 1. The summed E-state index contributed by atoms with van der Waals surface area (Å²) in [4.78, 5) is 10.2. The molecular weight excluding hydrogens is 391 g/mol. The summed E-state index contributed by atoms with van der Waals surface area (Å²) in [5.41, 5.74) is 7.39. The molecule has 0 saturated heterocycles. The number of carboxylic acid groups (broad SMARTS) is 1. The van der Waals surface area contributed by atoms with E-state index in [4.69, 9.17) is 5.11 Å². The van der Waals surface area contributed by atoms with Gasteiger partial charge in [-0.3, -0.25) is 0 Å². The molecule has 1 aromatic carbocycles. The Kier molecular flexibility index (Phi) is 11.5. The molecule has 1 aromatic rings. The molecule has 0 saturated carbocycles. The summed E-state index contributed by atoms with van der Waals surface area (Å²) in [5, 5.41) is 8.38. The molecular formula is C20H23Cl2O2Ti. The second-order valence-corrected chi connectivity index (χ2v) is 6.24. The van der Waals surface area contributed by atoms with Crippen molar-refractivity contribution in [1.82, 2.24) is 0 Å². The van der Waals surface area contributed by atoms with Gasteiger partial charge in [0.1, 0.15) is 0 Å². The fourth-order valence-corrected chi connectivity index (χ4v) is 3.70. The first kappa shape index (κ1) is 24.3. The van der Waals surface area contributed by atoms with Crippen LogP contribution >= 0.6 is 0 Å². The van der Waals surface area contributed by atoms with Gasteiger partial charge in [-0.1, -0.05) is 43.0 Å². The van der Waals surface area contributed by atoms with Gasteiger partial charge in [0.2, 0.25) is 0 Å². The number of rotatable bonds is 1. The molecule has 1 radical (unpaired) electrons. The fraction of sp³-hybridized carbons (Fsp3) is 0.400. The summed E-state index contributed by atoms with van der Waals surface area (Å²) in [6.45, 7) is 0. The summed E-state index contributed by atoms with van der Waals surface area (Å²) in [5.74, 6) is -0.879. The van der Waals surface area contributed by atoms with E-state index in [-0.39, 0.29) is 46.5 Å². The van der Waals surface area contributed by atoms with E-state index >= 15 is 0 Å². The second kappa shape index (κ2) is 11.9. The number of hydrogen-bond acceptors (Lipinski definition) is 1. The summed E-state index contributed by atoms with van der Waals surface area (Å²) in [6.07, 6.45) is 13.6. The van der Waals surface area contributed by atoms with E-state index in [0.717, 1.165) is 0 Å². The van der Waals surface area contributed by atoms with Crippen molar-refractivity contribution in [2.75, 3.05) is 0 Å². The summed E-state index contributed by atoms with van der Waals surface area (Å²) in [7, 11) is 0. The van der Waals surface area contributed by atoms with E-state index in [1.54, 1.807) is 52.6 Å². The van der Waals surface area contributed by atoms with Gasteiger partial charge in [0.15, 0.2) is 0 Å². The van der Waals surface area contributed by atoms with Crippen LogP contribution in [0.1, 0.15) is 61.7 Å². The van der Waals surface area contributed by atoms with Gasteiger partial charge in [0.05, 0.1) is 5.56 Å². The van der Waals surface area contributed by atoms with Crippen molar-refractivity contribution in [2.24, 2.45) is 0 Å². The van der Waals surface area contributed by atoms with E-state index in [2.05, 4.69) is 6.42 Å². The molecule has 5 heteroatoms. The number of benzene rings is 1. The zero-order chi connectivity index (χ0) is 15.4. The summed E-state index contributed by atoms with van der Waals surface area (Å²) < 4.78 is 0. The standard InChI is InChI=1S/C13H17.C7H6O2.2ClH.Ti/c1-3-7-12-10(5-1)9-11-6-2-4-8-13(11)12;8-7(9)6-4-2-1-3-5-6;;;/h5H,1-4,6-9H2;1-5H,(H,8,9);2*1H;/q-1;;;;+3/p-2. The van der Waals surface area contributed by atoms with Crippen molar-refractivity contribution in [1.29, 1.82) is 0 Å². The Balaban J connectivity index is 0.000000435. The van der Waals surface area contributed by atoms with Crippen molar-refractivity contribution >= 4 is 5.97 Å². The largest absolute Gasteiger partial charge is 3.00 e. The molecule has 0 heterocycles. The first-order chi connectivity index (χ1) is 10.8. The predicted molar refractivity (Wildman–Crippen MR) is 88.7 cm³/mol. The maximum Gasteiger partial charge on any atom is 3.00 e. The Morgan fingerprint density at radius 3 is 2.20 bits per heavy atom. The molecule has 1 N–H and O–H groups in total. The third-order valence-electron chi connectivity index (χ3n) is 4.78. The Bertz CT molecular complexity index is 594. The average molecular weight is 414 g/mol. The second-order valence-electron chi connectivity index (χ2n) is 6.24. The molecule has 0 atom stereocenters. The van der Waals surface area contributed by atoms with E-state index in [1.165, 1.54) is 51.4 Å². The first-order valence-corrected chi connectivity index (χ1v) is 8.30. The zero-order valence-electron chi connectivity index (χ0n) is 14.2. The molecule has 0 bridgehead atoms. The molecule has 133 valence electrons. The summed E-state index contributed by atoms with van der Waals surface area (Å²) in [6, 6.07) is 8.30. The van der Waals surface area contributed by atoms with Crippen LogP contribution < -0.4 is 24.8 Å². The van der Waals surface area contributed by atoms with Crippen LogP contribution in [0.4, 0.5) is 0 Å². The van der Waals surface area contributed by atoms with Crippen LogP contribution in [0.15, 0.2) is 52.6 Å². The normalized spacial score (nSPS) is 17.3. The monoisotopic (exact) mass is 413 g/mol. The Hall–Kier alpha value is -0.666. The first-order valence-electron chi connectivity index (χ1n) is 8.30. The third kappa shape index (κ3) is 6.22. The van der Waals surface area contributed by atoms with E-state index in [0.29, 0.717) is 5.56 Å². The molecule has 0 amide bonds. The fourth-order valence-electron chi connectivity index (χ4n) is 3.70. The van der Waals surface area contributed by atoms with Crippen molar-refractivity contribution in [3.05, 3.63) is 64.6 Å². The molecule has 2 nitrogen and oxygen atoms in total. The minimum atomic E-state index is -0.879. The van der Waals surface area contributed by atoms with Gasteiger partial charge in [-0.25, -0.2) is 16.8 Å². The SMILES string of the molecule is O=C(O)c1ccccc1.[CH-]1CCCC2=C1CC1=C2CCCC1.[Cl-].[Cl-].[Ti+3]. The van der Waals surface area contributed by atoms with Crippen LogP contribution in [0.3, 0.4) is 0 Å².